The van der Waals surface area contributed by atoms with Crippen molar-refractivity contribution < 1.29 is 14.3 Å². The Labute approximate surface area is 187 Å². The highest BCUT2D eigenvalue weighted by atomic mass is 79.9. The predicted octanol–water partition coefficient (Wildman–Crippen LogP) is 6.18. The number of nitrogens with zero attached hydrogens (tertiary/aromatic N) is 1. The van der Waals surface area contributed by atoms with Crippen molar-refractivity contribution in [3.05, 3.63) is 56.4 Å². The quantitative estimate of drug-likeness (QED) is 0.486. The van der Waals surface area contributed by atoms with Crippen LogP contribution in [0.25, 0.3) is 6.08 Å². The number of benzene rings is 2. The molecule has 1 fully saturated rings. The van der Waals surface area contributed by atoms with Gasteiger partial charge in [0.15, 0.2) is 16.7 Å². The molecule has 3 rings (SSSR count). The van der Waals surface area contributed by atoms with E-state index in [1.54, 1.807) is 25.3 Å². The summed E-state index contributed by atoms with van der Waals surface area (Å²) in [4.78, 5) is 17.3. The summed E-state index contributed by atoms with van der Waals surface area (Å²) in [7, 11) is 1.56. The summed E-state index contributed by atoms with van der Waals surface area (Å²) in [5.41, 5.74) is 1.50. The second-order valence-corrected chi connectivity index (χ2v) is 8.68. The average molecular weight is 496 g/mol. The molecule has 152 valence electrons. The number of rotatable bonds is 6. The van der Waals surface area contributed by atoms with Gasteiger partial charge in [-0.15, -0.1) is 0 Å². The van der Waals surface area contributed by atoms with E-state index in [0.717, 1.165) is 22.1 Å². The van der Waals surface area contributed by atoms with Crippen LogP contribution < -0.4 is 14.8 Å². The van der Waals surface area contributed by atoms with Crippen LogP contribution in [0.3, 0.4) is 0 Å². The number of carbonyl (C=O) groups is 1. The molecule has 1 saturated heterocycles. The molecule has 29 heavy (non-hydrogen) atoms. The van der Waals surface area contributed by atoms with Gasteiger partial charge >= 0.3 is 0 Å². The lowest BCUT2D eigenvalue weighted by Crippen LogP contribution is -2.19. The zero-order valence-corrected chi connectivity index (χ0v) is 19.3. The van der Waals surface area contributed by atoms with E-state index in [2.05, 4.69) is 26.2 Å². The topological polar surface area (TPSA) is 59.9 Å². The number of methoxy groups -OCH3 is 1. The standard InChI is InChI=1S/C21H20BrClN2O3S/c1-4-12(2)28-19-16(23)9-13(10-17(19)27-3)11-18-20(26)25-21(29-18)24-15-7-5-14(22)6-8-15/h5-12H,4H2,1-3H3,(H,24,25,26). The van der Waals surface area contributed by atoms with Crippen molar-refractivity contribution in [2.75, 3.05) is 7.11 Å². The number of ether oxygens (including phenoxy) is 2. The third kappa shape index (κ3) is 5.56. The van der Waals surface area contributed by atoms with Crippen molar-refractivity contribution in [1.29, 1.82) is 0 Å². The third-order valence-corrected chi connectivity index (χ3v) is 5.87. The summed E-state index contributed by atoms with van der Waals surface area (Å²) in [5.74, 6) is 0.823. The van der Waals surface area contributed by atoms with E-state index < -0.39 is 0 Å². The van der Waals surface area contributed by atoms with Crippen LogP contribution in [0, 0.1) is 0 Å². The average Bonchev–Trinajstić information content (AvgIpc) is 3.04. The lowest BCUT2D eigenvalue weighted by Gasteiger charge is -2.17. The molecule has 0 spiro atoms. The first-order valence-electron chi connectivity index (χ1n) is 8.99. The summed E-state index contributed by atoms with van der Waals surface area (Å²) in [6.45, 7) is 4.00. The van der Waals surface area contributed by atoms with Crippen LogP contribution in [0.15, 0.2) is 50.8 Å². The van der Waals surface area contributed by atoms with Crippen LogP contribution in [0.2, 0.25) is 5.02 Å². The zero-order valence-electron chi connectivity index (χ0n) is 16.2. The largest absolute Gasteiger partial charge is 0.493 e. The van der Waals surface area contributed by atoms with Gasteiger partial charge in [-0.2, -0.15) is 0 Å². The van der Waals surface area contributed by atoms with Crippen LogP contribution in [-0.4, -0.2) is 24.3 Å². The first-order chi connectivity index (χ1) is 13.9. The van der Waals surface area contributed by atoms with E-state index in [0.29, 0.717) is 26.6 Å². The van der Waals surface area contributed by atoms with Crippen molar-refractivity contribution in [3.63, 3.8) is 0 Å². The molecule has 2 aromatic carbocycles. The fraction of sp³-hybridized carbons (Fsp3) is 0.238. The number of thioether (sulfide) groups is 1. The summed E-state index contributed by atoms with van der Waals surface area (Å²) < 4.78 is 12.3. The van der Waals surface area contributed by atoms with Gasteiger partial charge in [0.05, 0.1) is 28.8 Å². The van der Waals surface area contributed by atoms with E-state index in [4.69, 9.17) is 21.1 Å². The molecule has 1 aliphatic rings. The van der Waals surface area contributed by atoms with Crippen molar-refractivity contribution in [2.24, 2.45) is 4.99 Å². The number of aliphatic imine (C=N–C) groups is 1. The molecule has 1 N–H and O–H groups in total. The second-order valence-electron chi connectivity index (χ2n) is 6.33. The monoisotopic (exact) mass is 494 g/mol. The smallest absolute Gasteiger partial charge is 0.264 e. The Morgan fingerprint density at radius 2 is 2.03 bits per heavy atom. The maximum Gasteiger partial charge on any atom is 0.264 e. The number of hydrogen-bond donors (Lipinski definition) is 1. The van der Waals surface area contributed by atoms with Gasteiger partial charge in [-0.3, -0.25) is 4.79 Å². The molecule has 5 nitrogen and oxygen atoms in total. The second kappa shape index (κ2) is 9.69. The van der Waals surface area contributed by atoms with E-state index in [1.807, 2.05) is 38.1 Å². The van der Waals surface area contributed by atoms with Crippen LogP contribution in [0.5, 0.6) is 11.5 Å². The molecule has 1 heterocycles. The Hall–Kier alpha value is -1.96. The highest BCUT2D eigenvalue weighted by Gasteiger charge is 2.24. The minimum atomic E-state index is -0.208. The molecule has 1 aliphatic heterocycles. The molecule has 0 saturated carbocycles. The van der Waals surface area contributed by atoms with Crippen molar-refractivity contribution in [3.8, 4) is 11.5 Å². The van der Waals surface area contributed by atoms with Crippen molar-refractivity contribution in [2.45, 2.75) is 26.4 Å². The van der Waals surface area contributed by atoms with Crippen LogP contribution >= 0.6 is 39.3 Å². The van der Waals surface area contributed by atoms with Crippen LogP contribution in [0.1, 0.15) is 25.8 Å². The van der Waals surface area contributed by atoms with Crippen LogP contribution in [0.4, 0.5) is 5.69 Å². The summed E-state index contributed by atoms with van der Waals surface area (Å²) >= 11 is 11.1. The SMILES string of the molecule is CCC(C)Oc1c(Cl)cc(C=C2SC(=Nc3ccc(Br)cc3)NC2=O)cc1OC. The van der Waals surface area contributed by atoms with Gasteiger partial charge in [-0.25, -0.2) is 4.99 Å². The molecule has 1 atom stereocenters. The summed E-state index contributed by atoms with van der Waals surface area (Å²) in [5, 5.41) is 3.74. The van der Waals surface area contributed by atoms with Crippen LogP contribution in [-0.2, 0) is 4.79 Å². The zero-order chi connectivity index (χ0) is 21.0. The Bertz CT molecular complexity index is 977. The predicted molar refractivity (Wildman–Crippen MR) is 123 cm³/mol. The number of amidine groups is 1. The molecule has 0 aliphatic carbocycles. The normalized spacial score (nSPS) is 17.5. The maximum absolute atomic E-state index is 12.3. The maximum atomic E-state index is 12.3. The van der Waals surface area contributed by atoms with E-state index in [9.17, 15) is 4.79 Å². The lowest BCUT2D eigenvalue weighted by atomic mass is 10.1. The number of hydrogen-bond acceptors (Lipinski definition) is 5. The van der Waals surface area contributed by atoms with Crippen molar-refractivity contribution in [1.82, 2.24) is 5.32 Å². The van der Waals surface area contributed by atoms with Gasteiger partial charge in [-0.1, -0.05) is 34.5 Å². The number of halogens is 2. The van der Waals surface area contributed by atoms with Gasteiger partial charge in [-0.05, 0) is 73.1 Å². The summed E-state index contributed by atoms with van der Waals surface area (Å²) in [6, 6.07) is 11.1. The lowest BCUT2D eigenvalue weighted by molar-refractivity contribution is -0.115. The van der Waals surface area contributed by atoms with E-state index >= 15 is 0 Å². The fourth-order valence-corrected chi connectivity index (χ4v) is 3.86. The highest BCUT2D eigenvalue weighted by molar-refractivity contribution is 9.10. The first kappa shape index (κ1) is 21.7. The number of carbonyl (C=O) groups excluding carboxylic acids is 1. The summed E-state index contributed by atoms with van der Waals surface area (Å²) in [6.07, 6.45) is 2.62. The first-order valence-corrected chi connectivity index (χ1v) is 11.0. The Kier molecular flexibility index (Phi) is 7.27. The van der Waals surface area contributed by atoms with E-state index in [-0.39, 0.29) is 12.0 Å². The molecular formula is C21H20BrClN2O3S. The molecule has 0 bridgehead atoms. The minimum Gasteiger partial charge on any atom is -0.493 e. The molecule has 0 aromatic heterocycles. The Morgan fingerprint density at radius 1 is 1.31 bits per heavy atom. The van der Waals surface area contributed by atoms with Crippen molar-refractivity contribution >= 4 is 62.1 Å². The molecule has 8 heteroatoms. The highest BCUT2D eigenvalue weighted by Crippen LogP contribution is 2.39. The van der Waals surface area contributed by atoms with Gasteiger partial charge < -0.3 is 14.8 Å². The molecule has 1 unspecified atom stereocenters. The molecule has 0 radical (unpaired) electrons. The molecule has 2 aromatic rings. The Morgan fingerprint density at radius 3 is 2.69 bits per heavy atom. The van der Waals surface area contributed by atoms with Gasteiger partial charge in [0, 0.05) is 4.47 Å². The number of amides is 1. The third-order valence-electron chi connectivity index (χ3n) is 4.15. The van der Waals surface area contributed by atoms with Gasteiger partial charge in [0.2, 0.25) is 0 Å². The fourth-order valence-electron chi connectivity index (χ4n) is 2.49. The van der Waals surface area contributed by atoms with E-state index in [1.165, 1.54) is 11.8 Å². The Balaban J connectivity index is 1.85. The molecule has 1 amide bonds. The van der Waals surface area contributed by atoms with Gasteiger partial charge in [0.25, 0.3) is 5.91 Å². The van der Waals surface area contributed by atoms with Gasteiger partial charge in [0.1, 0.15) is 0 Å². The molecular weight excluding hydrogens is 476 g/mol. The number of nitrogens with one attached hydrogen (secondary N) is 1. The minimum absolute atomic E-state index is 0.0131.